The Morgan fingerprint density at radius 3 is 2.50 bits per heavy atom. The molecule has 1 N–H and O–H groups in total. The minimum Gasteiger partial charge on any atom is -0.495 e. The van der Waals surface area contributed by atoms with Gasteiger partial charge >= 0.3 is 0 Å². The lowest BCUT2D eigenvalue weighted by molar-refractivity contribution is -0.118. The van der Waals surface area contributed by atoms with Gasteiger partial charge in [0.2, 0.25) is 5.91 Å². The van der Waals surface area contributed by atoms with Crippen molar-refractivity contribution in [2.24, 2.45) is 0 Å². The molecule has 0 bridgehead atoms. The van der Waals surface area contributed by atoms with Crippen LogP contribution in [0.1, 0.15) is 12.2 Å². The summed E-state index contributed by atoms with van der Waals surface area (Å²) in [6.07, 6.45) is 0.264. The number of hydrogen-bond acceptors (Lipinski definition) is 7. The highest BCUT2D eigenvalue weighted by Crippen LogP contribution is 2.32. The molecule has 1 aromatic heterocycles. The number of carbonyl (C=O) groups excluding carboxylic acids is 1. The van der Waals surface area contributed by atoms with E-state index in [1.165, 1.54) is 11.8 Å². The molecule has 0 saturated carbocycles. The fourth-order valence-corrected chi connectivity index (χ4v) is 4.37. The van der Waals surface area contributed by atoms with Gasteiger partial charge in [-0.15, -0.1) is 10.2 Å². The molecule has 9 heteroatoms. The molecule has 8 nitrogen and oxygen atoms in total. The van der Waals surface area contributed by atoms with E-state index < -0.39 is 0 Å². The summed E-state index contributed by atoms with van der Waals surface area (Å²) in [7, 11) is 1.60. The Bertz CT molecular complexity index is 1350. The van der Waals surface area contributed by atoms with Crippen molar-refractivity contribution >= 4 is 17.7 Å². The highest BCUT2D eigenvalue weighted by molar-refractivity contribution is 7.99. The quantitative estimate of drug-likeness (QED) is 0.237. The molecule has 0 fully saturated rings. The number of hydrogen-bond donors (Lipinski definition) is 1. The molecule has 0 radical (unpaired) electrons. The summed E-state index contributed by atoms with van der Waals surface area (Å²) in [5.74, 6) is 1.89. The van der Waals surface area contributed by atoms with Crippen LogP contribution in [0.4, 0.5) is 0 Å². The van der Waals surface area contributed by atoms with E-state index in [1.54, 1.807) is 7.11 Å². The van der Waals surface area contributed by atoms with Crippen LogP contribution in [0.3, 0.4) is 0 Å². The average molecular weight is 500 g/mol. The van der Waals surface area contributed by atoms with Gasteiger partial charge in [-0.1, -0.05) is 72.4 Å². The van der Waals surface area contributed by atoms with E-state index in [-0.39, 0.29) is 24.7 Å². The molecule has 3 aromatic carbocycles. The first-order valence-electron chi connectivity index (χ1n) is 11.3. The topological polar surface area (TPSA) is 102 Å². The smallest absolute Gasteiger partial charge is 0.230 e. The molecule has 0 spiro atoms. The van der Waals surface area contributed by atoms with E-state index in [1.807, 2.05) is 89.5 Å². The molecule has 182 valence electrons. The summed E-state index contributed by atoms with van der Waals surface area (Å²) in [6, 6.07) is 27.4. The minimum atomic E-state index is -0.181. The van der Waals surface area contributed by atoms with Gasteiger partial charge in [0.25, 0.3) is 0 Å². The third-order valence-corrected chi connectivity index (χ3v) is 6.18. The van der Waals surface area contributed by atoms with Crippen molar-refractivity contribution in [2.75, 3.05) is 19.4 Å². The predicted molar refractivity (Wildman–Crippen MR) is 138 cm³/mol. The molecule has 0 aliphatic carbocycles. The Hall–Kier alpha value is -4.29. The maximum atomic E-state index is 12.2. The molecule has 0 atom stereocenters. The van der Waals surface area contributed by atoms with E-state index in [0.717, 1.165) is 22.6 Å². The number of aromatic nitrogens is 3. The second-order valence-corrected chi connectivity index (χ2v) is 8.55. The molecule has 4 rings (SSSR count). The lowest BCUT2D eigenvalue weighted by Gasteiger charge is -2.15. The maximum Gasteiger partial charge on any atom is 0.230 e. The first kappa shape index (κ1) is 24.8. The van der Waals surface area contributed by atoms with Gasteiger partial charge < -0.3 is 14.8 Å². The van der Waals surface area contributed by atoms with Crippen molar-refractivity contribution in [3.8, 4) is 34.4 Å². The van der Waals surface area contributed by atoms with Gasteiger partial charge in [-0.05, 0) is 23.8 Å². The van der Waals surface area contributed by atoms with Gasteiger partial charge in [0.1, 0.15) is 18.1 Å². The van der Waals surface area contributed by atoms with Gasteiger partial charge in [0.15, 0.2) is 11.0 Å². The van der Waals surface area contributed by atoms with Gasteiger partial charge in [0.05, 0.1) is 31.0 Å². The summed E-state index contributed by atoms with van der Waals surface area (Å²) in [4.78, 5) is 12.2. The van der Waals surface area contributed by atoms with Crippen molar-refractivity contribution in [3.63, 3.8) is 0 Å². The predicted octanol–water partition coefficient (Wildman–Crippen LogP) is 4.64. The normalized spacial score (nSPS) is 10.4. The number of benzene rings is 3. The van der Waals surface area contributed by atoms with Gasteiger partial charge in [-0.25, -0.2) is 0 Å². The molecule has 1 heterocycles. The van der Waals surface area contributed by atoms with Crippen LogP contribution in [0.15, 0.2) is 84.0 Å². The molecule has 0 saturated heterocycles. The minimum absolute atomic E-state index is 0.135. The standard InChI is InChI=1S/C27H25N5O3S/c1-34-24-15-8-6-13-22(24)32-25(30-31-27(32)36-19-26(33)29-17-9-16-28)18-35-23-14-7-5-12-21(23)20-10-3-2-4-11-20/h2-8,10-15H,9,17-19H2,1H3,(H,29,33). The van der Waals surface area contributed by atoms with Crippen molar-refractivity contribution in [1.29, 1.82) is 5.26 Å². The van der Waals surface area contributed by atoms with Crippen LogP contribution in [-0.2, 0) is 11.4 Å². The van der Waals surface area contributed by atoms with E-state index in [9.17, 15) is 4.79 Å². The second kappa shape index (κ2) is 12.4. The van der Waals surface area contributed by atoms with E-state index in [2.05, 4.69) is 15.5 Å². The number of nitriles is 1. The third-order valence-electron chi connectivity index (χ3n) is 5.25. The van der Waals surface area contributed by atoms with Crippen molar-refractivity contribution < 1.29 is 14.3 Å². The largest absolute Gasteiger partial charge is 0.495 e. The van der Waals surface area contributed by atoms with Crippen molar-refractivity contribution in [2.45, 2.75) is 18.2 Å². The molecule has 36 heavy (non-hydrogen) atoms. The Balaban J connectivity index is 1.60. The Labute approximate surface area is 213 Å². The molecular weight excluding hydrogens is 474 g/mol. The molecular formula is C27H25N5O3S. The fraction of sp³-hybridized carbons (Fsp3) is 0.185. The van der Waals surface area contributed by atoms with Crippen LogP contribution >= 0.6 is 11.8 Å². The third kappa shape index (κ3) is 6.03. The van der Waals surface area contributed by atoms with E-state index in [0.29, 0.717) is 23.3 Å². The van der Waals surface area contributed by atoms with Crippen molar-refractivity contribution in [1.82, 2.24) is 20.1 Å². The zero-order chi connectivity index (χ0) is 25.2. The van der Waals surface area contributed by atoms with Crippen LogP contribution < -0.4 is 14.8 Å². The van der Waals surface area contributed by atoms with Gasteiger partial charge in [0, 0.05) is 12.1 Å². The lowest BCUT2D eigenvalue weighted by Crippen LogP contribution is -2.26. The van der Waals surface area contributed by atoms with Crippen LogP contribution in [0.5, 0.6) is 11.5 Å². The number of nitrogens with zero attached hydrogens (tertiary/aromatic N) is 4. The lowest BCUT2D eigenvalue weighted by atomic mass is 10.1. The molecule has 1 amide bonds. The van der Waals surface area contributed by atoms with Crippen LogP contribution in [0.2, 0.25) is 0 Å². The molecule has 0 aliphatic heterocycles. The number of carbonyl (C=O) groups is 1. The van der Waals surface area contributed by atoms with Crippen LogP contribution in [-0.4, -0.2) is 40.1 Å². The zero-order valence-corrected chi connectivity index (χ0v) is 20.6. The zero-order valence-electron chi connectivity index (χ0n) is 19.8. The Morgan fingerprint density at radius 1 is 1.00 bits per heavy atom. The fourth-order valence-electron chi connectivity index (χ4n) is 3.57. The SMILES string of the molecule is COc1ccccc1-n1c(COc2ccccc2-c2ccccc2)nnc1SCC(=O)NCCC#N. The van der Waals surface area contributed by atoms with Crippen LogP contribution in [0.25, 0.3) is 16.8 Å². The maximum absolute atomic E-state index is 12.2. The summed E-state index contributed by atoms with van der Waals surface area (Å²) >= 11 is 1.25. The number of nitrogens with one attached hydrogen (secondary N) is 1. The first-order chi connectivity index (χ1) is 17.7. The van der Waals surface area contributed by atoms with E-state index >= 15 is 0 Å². The Morgan fingerprint density at radius 2 is 1.72 bits per heavy atom. The summed E-state index contributed by atoms with van der Waals surface area (Å²) in [5.41, 5.74) is 2.77. The monoisotopic (exact) mass is 499 g/mol. The number of para-hydroxylation sites is 3. The molecule has 4 aromatic rings. The van der Waals surface area contributed by atoms with Crippen LogP contribution in [0, 0.1) is 11.3 Å². The number of rotatable bonds is 11. The summed E-state index contributed by atoms with van der Waals surface area (Å²) < 4.78 is 13.7. The number of thioether (sulfide) groups is 1. The summed E-state index contributed by atoms with van der Waals surface area (Å²) in [5, 5.41) is 20.6. The molecule has 0 aliphatic rings. The Kier molecular flexibility index (Phi) is 8.57. The van der Waals surface area contributed by atoms with E-state index in [4.69, 9.17) is 14.7 Å². The average Bonchev–Trinajstić information content (AvgIpc) is 3.34. The number of methoxy groups -OCH3 is 1. The highest BCUT2D eigenvalue weighted by Gasteiger charge is 2.19. The second-order valence-electron chi connectivity index (χ2n) is 7.60. The summed E-state index contributed by atoms with van der Waals surface area (Å²) in [6.45, 7) is 0.471. The van der Waals surface area contributed by atoms with Gasteiger partial charge in [-0.3, -0.25) is 9.36 Å². The van der Waals surface area contributed by atoms with Gasteiger partial charge in [-0.2, -0.15) is 5.26 Å². The highest BCUT2D eigenvalue weighted by atomic mass is 32.2. The first-order valence-corrected chi connectivity index (χ1v) is 12.3. The number of amides is 1. The number of ether oxygens (including phenoxy) is 2. The van der Waals surface area contributed by atoms with Crippen molar-refractivity contribution in [3.05, 3.63) is 84.7 Å². The molecule has 0 unspecified atom stereocenters.